The maximum Gasteiger partial charge on any atom is 0.136 e. The van der Waals surface area contributed by atoms with Crippen LogP contribution in [0.4, 0.5) is 0 Å². The van der Waals surface area contributed by atoms with Gasteiger partial charge in [-0.3, -0.25) is 4.79 Å². The summed E-state index contributed by atoms with van der Waals surface area (Å²) in [7, 11) is 0. The molecule has 0 amide bonds. The van der Waals surface area contributed by atoms with E-state index in [-0.39, 0.29) is 0 Å². The molecule has 15 heavy (non-hydrogen) atoms. The number of rotatable bonds is 4. The van der Waals surface area contributed by atoms with Crippen LogP contribution in [0.1, 0.15) is 32.1 Å². The monoisotopic (exact) mass is 211 g/mol. The van der Waals surface area contributed by atoms with Crippen LogP contribution < -0.4 is 5.32 Å². The molecule has 2 aliphatic heterocycles. The Morgan fingerprint density at radius 1 is 1.27 bits per heavy atom. The van der Waals surface area contributed by atoms with Crippen LogP contribution in [0.3, 0.4) is 0 Å². The molecule has 2 rings (SSSR count). The fourth-order valence-corrected chi connectivity index (χ4v) is 2.51. The van der Waals surface area contributed by atoms with E-state index in [1.165, 1.54) is 0 Å². The standard InChI is InChI=1S/C12H21NO2/c14-12(11-3-6-13-7-4-11)2-1-10-5-8-15-9-10/h10-11,13H,1-9H2. The van der Waals surface area contributed by atoms with Crippen LogP contribution in [-0.2, 0) is 9.53 Å². The second kappa shape index (κ2) is 5.61. The van der Waals surface area contributed by atoms with Crippen LogP contribution in [0, 0.1) is 11.8 Å². The minimum atomic E-state index is 0.341. The van der Waals surface area contributed by atoms with E-state index in [1.54, 1.807) is 0 Å². The maximum atomic E-state index is 11.9. The summed E-state index contributed by atoms with van der Waals surface area (Å²) in [5, 5.41) is 3.29. The van der Waals surface area contributed by atoms with Crippen molar-refractivity contribution in [3.05, 3.63) is 0 Å². The van der Waals surface area contributed by atoms with Crippen molar-refractivity contribution in [3.8, 4) is 0 Å². The highest BCUT2D eigenvalue weighted by Crippen LogP contribution is 2.21. The fourth-order valence-electron chi connectivity index (χ4n) is 2.51. The number of hydrogen-bond acceptors (Lipinski definition) is 3. The molecule has 0 aliphatic carbocycles. The first-order chi connectivity index (χ1) is 7.36. The van der Waals surface area contributed by atoms with E-state index in [4.69, 9.17) is 4.74 Å². The lowest BCUT2D eigenvalue weighted by atomic mass is 9.89. The van der Waals surface area contributed by atoms with Gasteiger partial charge in [0.25, 0.3) is 0 Å². The zero-order valence-electron chi connectivity index (χ0n) is 9.34. The topological polar surface area (TPSA) is 38.3 Å². The Balaban J connectivity index is 1.66. The average Bonchev–Trinajstić information content (AvgIpc) is 2.80. The maximum absolute atomic E-state index is 11.9. The molecule has 2 aliphatic rings. The van der Waals surface area contributed by atoms with Crippen molar-refractivity contribution < 1.29 is 9.53 Å². The molecule has 0 aromatic rings. The van der Waals surface area contributed by atoms with Crippen LogP contribution in [0.2, 0.25) is 0 Å². The summed E-state index contributed by atoms with van der Waals surface area (Å²) in [6.07, 6.45) is 5.06. The van der Waals surface area contributed by atoms with Gasteiger partial charge in [0.1, 0.15) is 5.78 Å². The lowest BCUT2D eigenvalue weighted by Gasteiger charge is -2.21. The average molecular weight is 211 g/mol. The van der Waals surface area contributed by atoms with Crippen molar-refractivity contribution in [2.75, 3.05) is 26.3 Å². The molecule has 1 unspecified atom stereocenters. The van der Waals surface area contributed by atoms with Crippen LogP contribution in [-0.4, -0.2) is 32.1 Å². The van der Waals surface area contributed by atoms with E-state index in [0.29, 0.717) is 17.6 Å². The van der Waals surface area contributed by atoms with Crippen molar-refractivity contribution in [1.82, 2.24) is 5.32 Å². The van der Waals surface area contributed by atoms with E-state index in [2.05, 4.69) is 5.32 Å². The molecule has 2 heterocycles. The summed E-state index contributed by atoms with van der Waals surface area (Å²) in [5.74, 6) is 1.48. The van der Waals surface area contributed by atoms with Gasteiger partial charge in [0, 0.05) is 25.6 Å². The molecule has 0 spiro atoms. The highest BCUT2D eigenvalue weighted by Gasteiger charge is 2.22. The molecule has 2 saturated heterocycles. The highest BCUT2D eigenvalue weighted by molar-refractivity contribution is 5.81. The normalized spacial score (nSPS) is 28.1. The highest BCUT2D eigenvalue weighted by atomic mass is 16.5. The second-order valence-corrected chi connectivity index (χ2v) is 4.76. The van der Waals surface area contributed by atoms with Gasteiger partial charge in [-0.15, -0.1) is 0 Å². The molecule has 0 aromatic carbocycles. The Labute approximate surface area is 91.6 Å². The number of carbonyl (C=O) groups excluding carboxylic acids is 1. The first-order valence-corrected chi connectivity index (χ1v) is 6.17. The Kier molecular flexibility index (Phi) is 4.15. The van der Waals surface area contributed by atoms with Crippen molar-refractivity contribution in [2.24, 2.45) is 11.8 Å². The van der Waals surface area contributed by atoms with Gasteiger partial charge < -0.3 is 10.1 Å². The second-order valence-electron chi connectivity index (χ2n) is 4.76. The molecule has 86 valence electrons. The van der Waals surface area contributed by atoms with Gasteiger partial charge >= 0.3 is 0 Å². The number of nitrogens with one attached hydrogen (secondary N) is 1. The molecule has 3 heteroatoms. The summed E-state index contributed by atoms with van der Waals surface area (Å²) >= 11 is 0. The zero-order valence-corrected chi connectivity index (χ0v) is 9.34. The van der Waals surface area contributed by atoms with Gasteiger partial charge in [0.15, 0.2) is 0 Å². The van der Waals surface area contributed by atoms with Crippen LogP contribution in [0.25, 0.3) is 0 Å². The van der Waals surface area contributed by atoms with Crippen LogP contribution >= 0.6 is 0 Å². The summed E-state index contributed by atoms with van der Waals surface area (Å²) in [6, 6.07) is 0. The van der Waals surface area contributed by atoms with Crippen LogP contribution in [0.5, 0.6) is 0 Å². The Morgan fingerprint density at radius 3 is 2.73 bits per heavy atom. The third kappa shape index (κ3) is 3.28. The molecule has 0 radical (unpaired) electrons. The molecule has 0 bridgehead atoms. The summed E-state index contributed by atoms with van der Waals surface area (Å²) < 4.78 is 5.31. The van der Waals surface area contributed by atoms with Gasteiger partial charge in [-0.25, -0.2) is 0 Å². The van der Waals surface area contributed by atoms with Crippen LogP contribution in [0.15, 0.2) is 0 Å². The first-order valence-electron chi connectivity index (χ1n) is 6.17. The number of ether oxygens (including phenoxy) is 1. The van der Waals surface area contributed by atoms with E-state index in [0.717, 1.165) is 58.4 Å². The van der Waals surface area contributed by atoms with E-state index >= 15 is 0 Å². The zero-order chi connectivity index (χ0) is 10.5. The SMILES string of the molecule is O=C(CCC1CCOC1)C1CCNCC1. The lowest BCUT2D eigenvalue weighted by Crippen LogP contribution is -2.31. The predicted molar refractivity (Wildman–Crippen MR) is 58.8 cm³/mol. The van der Waals surface area contributed by atoms with E-state index in [9.17, 15) is 4.79 Å². The number of hydrogen-bond donors (Lipinski definition) is 1. The number of ketones is 1. The van der Waals surface area contributed by atoms with Gasteiger partial charge in [-0.05, 0) is 44.7 Å². The summed E-state index contributed by atoms with van der Waals surface area (Å²) in [6.45, 7) is 3.80. The smallest absolute Gasteiger partial charge is 0.136 e. The third-order valence-corrected chi connectivity index (χ3v) is 3.62. The Bertz CT molecular complexity index is 206. The van der Waals surface area contributed by atoms with Crippen molar-refractivity contribution >= 4 is 5.78 Å². The third-order valence-electron chi connectivity index (χ3n) is 3.62. The number of Topliss-reactive ketones (excluding diaryl/α,β-unsaturated/α-hetero) is 1. The summed E-state index contributed by atoms with van der Waals surface area (Å²) in [4.78, 5) is 11.9. The lowest BCUT2D eigenvalue weighted by molar-refractivity contribution is -0.123. The Morgan fingerprint density at radius 2 is 2.07 bits per heavy atom. The molecule has 3 nitrogen and oxygen atoms in total. The molecule has 0 saturated carbocycles. The minimum absolute atomic E-state index is 0.341. The van der Waals surface area contributed by atoms with Crippen molar-refractivity contribution in [1.29, 1.82) is 0 Å². The van der Waals surface area contributed by atoms with E-state index in [1.807, 2.05) is 0 Å². The van der Waals surface area contributed by atoms with E-state index < -0.39 is 0 Å². The number of piperidine rings is 1. The summed E-state index contributed by atoms with van der Waals surface area (Å²) in [5.41, 5.74) is 0. The molecule has 0 aromatic heterocycles. The quantitative estimate of drug-likeness (QED) is 0.763. The van der Waals surface area contributed by atoms with Gasteiger partial charge in [-0.2, -0.15) is 0 Å². The molecule has 1 N–H and O–H groups in total. The van der Waals surface area contributed by atoms with Crippen molar-refractivity contribution in [2.45, 2.75) is 32.1 Å². The fraction of sp³-hybridized carbons (Fsp3) is 0.917. The molecule has 2 fully saturated rings. The molecule has 1 atom stereocenters. The molecular formula is C12H21NO2. The van der Waals surface area contributed by atoms with Gasteiger partial charge in [-0.1, -0.05) is 0 Å². The first kappa shape index (κ1) is 11.1. The molecular weight excluding hydrogens is 190 g/mol. The largest absolute Gasteiger partial charge is 0.381 e. The van der Waals surface area contributed by atoms with Crippen molar-refractivity contribution in [3.63, 3.8) is 0 Å². The van der Waals surface area contributed by atoms with Gasteiger partial charge in [0.2, 0.25) is 0 Å². The van der Waals surface area contributed by atoms with Gasteiger partial charge in [0.05, 0.1) is 0 Å². The minimum Gasteiger partial charge on any atom is -0.381 e. The number of carbonyl (C=O) groups is 1. The predicted octanol–water partition coefficient (Wildman–Crippen LogP) is 1.37. The Hall–Kier alpha value is -0.410.